The molecule has 166 valence electrons. The molecule has 3 rings (SSSR count). The molecule has 1 saturated heterocycles. The molecule has 0 amide bonds. The second kappa shape index (κ2) is 11.2. The van der Waals surface area contributed by atoms with Crippen LogP contribution in [-0.2, 0) is 32.1 Å². The number of carbonyl (C=O) groups is 2. The first kappa shape index (κ1) is 23.2. The Balaban J connectivity index is 1.72. The van der Waals surface area contributed by atoms with E-state index in [9.17, 15) is 9.59 Å². The molecule has 5 nitrogen and oxygen atoms in total. The number of hydrogen-bond donors (Lipinski definition) is 0. The van der Waals surface area contributed by atoms with Gasteiger partial charge in [0.15, 0.2) is 5.78 Å². The van der Waals surface area contributed by atoms with Crippen LogP contribution in [0.1, 0.15) is 37.8 Å². The van der Waals surface area contributed by atoms with Gasteiger partial charge < -0.3 is 9.47 Å². The molecule has 2 aromatic rings. The van der Waals surface area contributed by atoms with E-state index in [2.05, 4.69) is 11.8 Å². The summed E-state index contributed by atoms with van der Waals surface area (Å²) in [6, 6.07) is 19.0. The Hall–Kier alpha value is -2.50. The Labute approximate surface area is 185 Å². The summed E-state index contributed by atoms with van der Waals surface area (Å²) in [7, 11) is 0. The maximum absolute atomic E-state index is 13.3. The van der Waals surface area contributed by atoms with Crippen LogP contribution in [0.2, 0.25) is 0 Å². The lowest BCUT2D eigenvalue weighted by Crippen LogP contribution is -2.51. The van der Waals surface area contributed by atoms with Crippen molar-refractivity contribution >= 4 is 11.8 Å². The Kier molecular flexibility index (Phi) is 8.38. The number of benzene rings is 2. The number of esters is 1. The highest BCUT2D eigenvalue weighted by Crippen LogP contribution is 2.24. The second-order valence-corrected chi connectivity index (χ2v) is 8.50. The van der Waals surface area contributed by atoms with Crippen molar-refractivity contribution in [2.75, 3.05) is 26.2 Å². The van der Waals surface area contributed by atoms with E-state index in [1.165, 1.54) is 19.8 Å². The van der Waals surface area contributed by atoms with Crippen LogP contribution in [0.5, 0.6) is 0 Å². The van der Waals surface area contributed by atoms with Crippen molar-refractivity contribution < 1.29 is 19.1 Å². The molecule has 1 aliphatic rings. The molecule has 0 N–H and O–H groups in total. The number of rotatable bonds is 10. The molecular weight excluding hydrogens is 390 g/mol. The molecule has 2 atom stereocenters. The molecule has 5 heteroatoms. The van der Waals surface area contributed by atoms with Crippen LogP contribution in [0.4, 0.5) is 0 Å². The number of Topliss-reactive ketones (excluding diaryl/α,β-unsaturated/α-hetero) is 1. The highest BCUT2D eigenvalue weighted by atomic mass is 16.6. The summed E-state index contributed by atoms with van der Waals surface area (Å²) in [5.74, 6) is -0.290. The molecule has 0 aromatic heterocycles. The molecule has 1 aliphatic heterocycles. The van der Waals surface area contributed by atoms with E-state index in [4.69, 9.17) is 9.47 Å². The lowest BCUT2D eigenvalue weighted by Gasteiger charge is -2.32. The molecule has 0 spiro atoms. The fourth-order valence-corrected chi connectivity index (χ4v) is 4.09. The van der Waals surface area contributed by atoms with Crippen molar-refractivity contribution in [1.82, 2.24) is 4.90 Å². The highest BCUT2D eigenvalue weighted by Gasteiger charge is 2.46. The lowest BCUT2D eigenvalue weighted by molar-refractivity contribution is -0.179. The zero-order chi connectivity index (χ0) is 22.1. The number of likely N-dealkylation sites (tertiary alicyclic amines) is 1. The van der Waals surface area contributed by atoms with Crippen molar-refractivity contribution in [3.63, 3.8) is 0 Å². The predicted octanol–water partition coefficient (Wildman–Crippen LogP) is 4.05. The fraction of sp³-hybridized carbons (Fsp3) is 0.462. The summed E-state index contributed by atoms with van der Waals surface area (Å²) < 4.78 is 11.7. The normalized spacial score (nSPS) is 18.8. The second-order valence-electron chi connectivity index (χ2n) is 8.50. The Morgan fingerprint density at radius 1 is 1.03 bits per heavy atom. The first-order chi connectivity index (χ1) is 15.0. The highest BCUT2D eigenvalue weighted by molar-refractivity contribution is 6.06. The van der Waals surface area contributed by atoms with E-state index >= 15 is 0 Å². The van der Waals surface area contributed by atoms with Gasteiger partial charge in [0.2, 0.25) is 5.60 Å². The molecule has 2 unspecified atom stereocenters. The maximum Gasteiger partial charge on any atom is 0.346 e. The summed E-state index contributed by atoms with van der Waals surface area (Å²) in [6.45, 7) is 6.78. The minimum absolute atomic E-state index is 0.148. The van der Waals surface area contributed by atoms with Gasteiger partial charge in [-0.2, -0.15) is 0 Å². The van der Waals surface area contributed by atoms with E-state index in [0.29, 0.717) is 12.5 Å². The first-order valence-corrected chi connectivity index (χ1v) is 11.1. The fourth-order valence-electron chi connectivity index (χ4n) is 4.09. The number of hydrogen-bond acceptors (Lipinski definition) is 5. The Bertz CT molecular complexity index is 839. The predicted molar refractivity (Wildman–Crippen MR) is 121 cm³/mol. The van der Waals surface area contributed by atoms with Gasteiger partial charge in [-0.1, -0.05) is 67.6 Å². The Morgan fingerprint density at radius 2 is 1.68 bits per heavy atom. The molecule has 0 bridgehead atoms. The molecule has 1 fully saturated rings. The monoisotopic (exact) mass is 423 g/mol. The number of piperidine rings is 1. The van der Waals surface area contributed by atoms with Crippen LogP contribution in [0, 0.1) is 5.92 Å². The summed E-state index contributed by atoms with van der Waals surface area (Å²) >= 11 is 0. The average molecular weight is 424 g/mol. The van der Waals surface area contributed by atoms with Crippen LogP contribution >= 0.6 is 0 Å². The summed E-state index contributed by atoms with van der Waals surface area (Å²) in [4.78, 5) is 28.4. The van der Waals surface area contributed by atoms with Crippen molar-refractivity contribution in [3.8, 4) is 0 Å². The quantitative estimate of drug-likeness (QED) is 0.426. The third kappa shape index (κ3) is 6.49. The minimum atomic E-state index is -1.66. The smallest absolute Gasteiger partial charge is 0.346 e. The third-order valence-corrected chi connectivity index (χ3v) is 5.90. The lowest BCUT2D eigenvalue weighted by atomic mass is 9.90. The van der Waals surface area contributed by atoms with Gasteiger partial charge in [0.05, 0.1) is 6.61 Å². The summed E-state index contributed by atoms with van der Waals surface area (Å²) in [5.41, 5.74) is 0.0932. The minimum Gasteiger partial charge on any atom is -0.462 e. The standard InChI is InChI=1S/C26H33NO4/c1-21-10-9-15-27(19-21)16-17-30-25(29)26(22(2)28,18-23-11-5-3-6-12-23)31-20-24-13-7-4-8-14-24/h3-8,11-14,21H,9-10,15-20H2,1-2H3. The van der Waals surface area contributed by atoms with Gasteiger partial charge in [-0.15, -0.1) is 0 Å². The number of carbonyl (C=O) groups excluding carboxylic acids is 2. The van der Waals surface area contributed by atoms with E-state index in [0.717, 1.165) is 24.2 Å². The first-order valence-electron chi connectivity index (χ1n) is 11.1. The van der Waals surface area contributed by atoms with Gasteiger partial charge in [-0.3, -0.25) is 9.69 Å². The van der Waals surface area contributed by atoms with E-state index in [-0.39, 0.29) is 25.4 Å². The molecule has 0 radical (unpaired) electrons. The molecule has 1 heterocycles. The van der Waals surface area contributed by atoms with Gasteiger partial charge in [0.1, 0.15) is 6.61 Å². The molecule has 31 heavy (non-hydrogen) atoms. The van der Waals surface area contributed by atoms with Crippen molar-refractivity contribution in [2.24, 2.45) is 5.92 Å². The van der Waals surface area contributed by atoms with Crippen molar-refractivity contribution in [2.45, 2.75) is 45.3 Å². The largest absolute Gasteiger partial charge is 0.462 e. The van der Waals surface area contributed by atoms with E-state index in [1.807, 2.05) is 60.7 Å². The van der Waals surface area contributed by atoms with Gasteiger partial charge >= 0.3 is 5.97 Å². The van der Waals surface area contributed by atoms with Crippen LogP contribution < -0.4 is 0 Å². The van der Waals surface area contributed by atoms with Crippen LogP contribution in [0.15, 0.2) is 60.7 Å². The average Bonchev–Trinajstić information content (AvgIpc) is 2.78. The van der Waals surface area contributed by atoms with E-state index < -0.39 is 11.6 Å². The van der Waals surface area contributed by atoms with Gasteiger partial charge in [-0.05, 0) is 43.4 Å². The summed E-state index contributed by atoms with van der Waals surface area (Å²) in [6.07, 6.45) is 2.56. The number of nitrogens with zero attached hydrogens (tertiary/aromatic N) is 1. The summed E-state index contributed by atoms with van der Waals surface area (Å²) in [5, 5.41) is 0. The van der Waals surface area contributed by atoms with Crippen molar-refractivity contribution in [3.05, 3.63) is 71.8 Å². The topological polar surface area (TPSA) is 55.8 Å². The molecule has 2 aromatic carbocycles. The van der Waals surface area contributed by atoms with Crippen LogP contribution in [0.25, 0.3) is 0 Å². The zero-order valence-electron chi connectivity index (χ0n) is 18.6. The molecule has 0 aliphatic carbocycles. The maximum atomic E-state index is 13.3. The van der Waals surface area contributed by atoms with Gasteiger partial charge in [-0.25, -0.2) is 4.79 Å². The number of ether oxygens (including phenoxy) is 2. The van der Waals surface area contributed by atoms with Crippen molar-refractivity contribution in [1.29, 1.82) is 0 Å². The SMILES string of the molecule is CC(=O)C(Cc1ccccc1)(OCc1ccccc1)C(=O)OCCN1CCCC(C)C1. The van der Waals surface area contributed by atoms with Gasteiger partial charge in [0.25, 0.3) is 0 Å². The van der Waals surface area contributed by atoms with Gasteiger partial charge in [0, 0.05) is 19.5 Å². The molecule has 0 saturated carbocycles. The van der Waals surface area contributed by atoms with Crippen LogP contribution in [0.3, 0.4) is 0 Å². The van der Waals surface area contributed by atoms with E-state index in [1.54, 1.807) is 0 Å². The third-order valence-electron chi connectivity index (χ3n) is 5.90. The van der Waals surface area contributed by atoms with Crippen LogP contribution in [-0.4, -0.2) is 48.5 Å². The molecular formula is C26H33NO4. The number of ketones is 1. The Morgan fingerprint density at radius 3 is 2.29 bits per heavy atom. The zero-order valence-corrected chi connectivity index (χ0v) is 18.6.